The first-order valence-corrected chi connectivity index (χ1v) is 4.47. The van der Waals surface area contributed by atoms with E-state index >= 15 is 0 Å². The summed E-state index contributed by atoms with van der Waals surface area (Å²) < 4.78 is 4.56. The van der Waals surface area contributed by atoms with Crippen LogP contribution >= 0.6 is 11.6 Å². The topological polar surface area (TPSA) is 68.0 Å². The average molecular weight is 224 g/mol. The number of nitrogens with zero attached hydrogens (tertiary/aromatic N) is 2. The van der Waals surface area contributed by atoms with E-state index in [-0.39, 0.29) is 11.6 Å². The summed E-state index contributed by atoms with van der Waals surface area (Å²) in [5.74, 6) is -0.0480. The first kappa shape index (κ1) is 9.67. The summed E-state index contributed by atoms with van der Waals surface area (Å²) in [6, 6.07) is 4.59. The molecule has 0 atom stereocenters. The zero-order chi connectivity index (χ0) is 10.7. The van der Waals surface area contributed by atoms with Gasteiger partial charge in [-0.1, -0.05) is 16.8 Å². The van der Waals surface area contributed by atoms with Crippen LogP contribution < -0.4 is 5.32 Å². The number of anilines is 1. The molecule has 0 radical (unpaired) electrons. The fraction of sp³-hybridized carbons (Fsp3) is 0. The van der Waals surface area contributed by atoms with Gasteiger partial charge in [0.2, 0.25) is 0 Å². The molecule has 2 aromatic rings. The van der Waals surface area contributed by atoms with Crippen LogP contribution in [-0.4, -0.2) is 16.0 Å². The van der Waals surface area contributed by atoms with Gasteiger partial charge in [-0.2, -0.15) is 0 Å². The highest BCUT2D eigenvalue weighted by Gasteiger charge is 2.09. The number of carbonyl (C=O) groups is 1. The van der Waals surface area contributed by atoms with Gasteiger partial charge in [-0.15, -0.1) is 0 Å². The first-order chi connectivity index (χ1) is 7.25. The minimum atomic E-state index is -0.383. The SMILES string of the molecule is O=C(Nc1ccon1)c1cc(Cl)ccn1. The molecule has 0 aromatic carbocycles. The van der Waals surface area contributed by atoms with E-state index in [1.807, 2.05) is 0 Å². The van der Waals surface area contributed by atoms with Gasteiger partial charge in [-0.25, -0.2) is 0 Å². The van der Waals surface area contributed by atoms with E-state index in [4.69, 9.17) is 11.6 Å². The van der Waals surface area contributed by atoms with Crippen LogP contribution in [0.25, 0.3) is 0 Å². The Bertz CT molecular complexity index is 470. The van der Waals surface area contributed by atoms with Gasteiger partial charge in [0, 0.05) is 17.3 Å². The lowest BCUT2D eigenvalue weighted by Crippen LogP contribution is -2.13. The number of carbonyl (C=O) groups excluding carboxylic acids is 1. The molecule has 0 unspecified atom stereocenters. The van der Waals surface area contributed by atoms with Crippen molar-refractivity contribution in [3.63, 3.8) is 0 Å². The molecule has 15 heavy (non-hydrogen) atoms. The number of hydrogen-bond acceptors (Lipinski definition) is 4. The maximum atomic E-state index is 11.6. The summed E-state index contributed by atoms with van der Waals surface area (Å²) in [5, 5.41) is 6.49. The third kappa shape index (κ3) is 2.32. The number of halogens is 1. The van der Waals surface area contributed by atoms with Crippen molar-refractivity contribution in [3.8, 4) is 0 Å². The highest BCUT2D eigenvalue weighted by atomic mass is 35.5. The molecule has 0 fully saturated rings. The Morgan fingerprint density at radius 3 is 3.00 bits per heavy atom. The molecule has 2 heterocycles. The molecule has 76 valence electrons. The first-order valence-electron chi connectivity index (χ1n) is 4.09. The van der Waals surface area contributed by atoms with Crippen molar-refractivity contribution in [2.45, 2.75) is 0 Å². The summed E-state index contributed by atoms with van der Waals surface area (Å²) >= 11 is 5.72. The van der Waals surface area contributed by atoms with Gasteiger partial charge >= 0.3 is 0 Å². The Morgan fingerprint density at radius 2 is 2.33 bits per heavy atom. The molecular formula is C9H6ClN3O2. The van der Waals surface area contributed by atoms with Gasteiger partial charge < -0.3 is 9.84 Å². The Kier molecular flexibility index (Phi) is 2.64. The normalized spacial score (nSPS) is 9.93. The standard InChI is InChI=1S/C9H6ClN3O2/c10-6-1-3-11-7(5-6)9(14)12-8-2-4-15-13-8/h1-5H,(H,12,13,14). The van der Waals surface area contributed by atoms with E-state index in [0.717, 1.165) is 0 Å². The molecule has 5 nitrogen and oxygen atoms in total. The van der Waals surface area contributed by atoms with Crippen molar-refractivity contribution < 1.29 is 9.32 Å². The molecule has 0 bridgehead atoms. The van der Waals surface area contributed by atoms with Crippen molar-refractivity contribution in [3.05, 3.63) is 41.4 Å². The van der Waals surface area contributed by atoms with E-state index in [1.54, 1.807) is 6.07 Å². The molecule has 0 spiro atoms. The van der Waals surface area contributed by atoms with Crippen molar-refractivity contribution in [2.75, 3.05) is 5.32 Å². The molecule has 0 aliphatic carbocycles. The average Bonchev–Trinajstić information content (AvgIpc) is 2.70. The molecule has 1 amide bonds. The van der Waals surface area contributed by atoms with Crippen molar-refractivity contribution >= 4 is 23.3 Å². The second-order valence-electron chi connectivity index (χ2n) is 2.70. The highest BCUT2D eigenvalue weighted by molar-refractivity contribution is 6.30. The molecular weight excluding hydrogens is 218 g/mol. The molecule has 2 rings (SSSR count). The third-order valence-corrected chi connectivity index (χ3v) is 1.87. The monoisotopic (exact) mass is 223 g/mol. The van der Waals surface area contributed by atoms with Crippen molar-refractivity contribution in [1.29, 1.82) is 0 Å². The van der Waals surface area contributed by atoms with E-state index in [9.17, 15) is 4.79 Å². The van der Waals surface area contributed by atoms with Crippen LogP contribution in [-0.2, 0) is 0 Å². The second-order valence-corrected chi connectivity index (χ2v) is 3.13. The predicted octanol–water partition coefficient (Wildman–Crippen LogP) is 1.98. The summed E-state index contributed by atoms with van der Waals surface area (Å²) in [5.41, 5.74) is 0.227. The van der Waals surface area contributed by atoms with Gasteiger partial charge in [0.05, 0.1) is 0 Å². The van der Waals surface area contributed by atoms with Crippen LogP contribution in [0.2, 0.25) is 5.02 Å². The molecule has 2 aromatic heterocycles. The van der Waals surface area contributed by atoms with Crippen LogP contribution in [0.15, 0.2) is 35.2 Å². The Morgan fingerprint density at radius 1 is 1.47 bits per heavy atom. The minimum Gasteiger partial charge on any atom is -0.363 e. The smallest absolute Gasteiger partial charge is 0.275 e. The Hall–Kier alpha value is -1.88. The van der Waals surface area contributed by atoms with E-state index in [2.05, 4.69) is 20.0 Å². The zero-order valence-electron chi connectivity index (χ0n) is 7.48. The summed E-state index contributed by atoms with van der Waals surface area (Å²) in [6.45, 7) is 0. The quantitative estimate of drug-likeness (QED) is 0.845. The van der Waals surface area contributed by atoms with Crippen LogP contribution in [0.4, 0.5) is 5.82 Å². The maximum absolute atomic E-state index is 11.6. The van der Waals surface area contributed by atoms with Crippen LogP contribution in [0.1, 0.15) is 10.5 Å². The zero-order valence-corrected chi connectivity index (χ0v) is 8.23. The van der Waals surface area contributed by atoms with Gasteiger partial charge in [0.15, 0.2) is 5.82 Å². The largest absolute Gasteiger partial charge is 0.363 e. The predicted molar refractivity (Wildman–Crippen MR) is 53.7 cm³/mol. The minimum absolute atomic E-state index is 0.227. The van der Waals surface area contributed by atoms with Crippen molar-refractivity contribution in [1.82, 2.24) is 10.1 Å². The van der Waals surface area contributed by atoms with Gasteiger partial charge in [-0.05, 0) is 12.1 Å². The van der Waals surface area contributed by atoms with Gasteiger partial charge in [0.25, 0.3) is 5.91 Å². The van der Waals surface area contributed by atoms with Gasteiger partial charge in [0.1, 0.15) is 12.0 Å². The maximum Gasteiger partial charge on any atom is 0.275 e. The van der Waals surface area contributed by atoms with E-state index in [0.29, 0.717) is 10.8 Å². The summed E-state index contributed by atoms with van der Waals surface area (Å²) in [4.78, 5) is 15.4. The second kappa shape index (κ2) is 4.10. The summed E-state index contributed by atoms with van der Waals surface area (Å²) in [7, 11) is 0. The van der Waals surface area contributed by atoms with Crippen molar-refractivity contribution in [2.24, 2.45) is 0 Å². The highest BCUT2D eigenvalue weighted by Crippen LogP contribution is 2.09. The molecule has 0 saturated carbocycles. The van der Waals surface area contributed by atoms with E-state index < -0.39 is 0 Å². The Balaban J connectivity index is 2.15. The lowest BCUT2D eigenvalue weighted by Gasteiger charge is -1.99. The number of pyridine rings is 1. The fourth-order valence-corrected chi connectivity index (χ4v) is 1.15. The van der Waals surface area contributed by atoms with E-state index in [1.165, 1.54) is 24.6 Å². The van der Waals surface area contributed by atoms with Crippen LogP contribution in [0.3, 0.4) is 0 Å². The molecule has 0 aliphatic rings. The van der Waals surface area contributed by atoms with Crippen LogP contribution in [0.5, 0.6) is 0 Å². The third-order valence-electron chi connectivity index (χ3n) is 1.63. The number of nitrogens with one attached hydrogen (secondary N) is 1. The number of amides is 1. The Labute approximate surface area is 90.1 Å². The number of hydrogen-bond donors (Lipinski definition) is 1. The number of aromatic nitrogens is 2. The van der Waals surface area contributed by atoms with Gasteiger partial charge in [-0.3, -0.25) is 9.78 Å². The molecule has 0 aliphatic heterocycles. The molecule has 1 N–H and O–H groups in total. The lowest BCUT2D eigenvalue weighted by molar-refractivity contribution is 0.102. The lowest BCUT2D eigenvalue weighted by atomic mass is 10.3. The molecule has 6 heteroatoms. The number of rotatable bonds is 2. The molecule has 0 saturated heterocycles. The summed E-state index contributed by atoms with van der Waals surface area (Å²) in [6.07, 6.45) is 2.82. The van der Waals surface area contributed by atoms with Crippen LogP contribution in [0, 0.1) is 0 Å². The fourth-order valence-electron chi connectivity index (χ4n) is 0.986.